The van der Waals surface area contributed by atoms with E-state index in [4.69, 9.17) is 5.73 Å². The molecule has 1 saturated heterocycles. The Morgan fingerprint density at radius 2 is 2.20 bits per heavy atom. The van der Waals surface area contributed by atoms with Crippen LogP contribution in [0.3, 0.4) is 0 Å². The first-order chi connectivity index (χ1) is 9.65. The number of anilines is 2. The average Bonchev–Trinajstić information content (AvgIpc) is 2.45. The Morgan fingerprint density at radius 1 is 1.40 bits per heavy atom. The van der Waals surface area contributed by atoms with Crippen LogP contribution in [0.1, 0.15) is 43.9 Å². The second kappa shape index (κ2) is 6.88. The van der Waals surface area contributed by atoms with Crippen molar-refractivity contribution in [1.82, 2.24) is 9.97 Å². The SMILES string of the molecule is CCCCc1c(C)nc(N)nc1N1CCC[C@@H](CO)C1. The van der Waals surface area contributed by atoms with Gasteiger partial charge in [0.2, 0.25) is 5.95 Å². The maximum Gasteiger partial charge on any atom is 0.222 e. The zero-order valence-corrected chi connectivity index (χ0v) is 12.6. The van der Waals surface area contributed by atoms with E-state index in [0.717, 1.165) is 56.7 Å². The van der Waals surface area contributed by atoms with Crippen LogP contribution >= 0.6 is 0 Å². The third kappa shape index (κ3) is 3.39. The van der Waals surface area contributed by atoms with Gasteiger partial charge in [-0.1, -0.05) is 13.3 Å². The molecule has 5 heteroatoms. The number of aryl methyl sites for hydroxylation is 1. The molecule has 0 aromatic carbocycles. The van der Waals surface area contributed by atoms with Gasteiger partial charge in [-0.3, -0.25) is 0 Å². The molecule has 0 unspecified atom stereocenters. The van der Waals surface area contributed by atoms with Crippen molar-refractivity contribution in [2.45, 2.75) is 46.0 Å². The number of aromatic nitrogens is 2. The van der Waals surface area contributed by atoms with Gasteiger partial charge in [-0.25, -0.2) is 4.98 Å². The van der Waals surface area contributed by atoms with Crippen molar-refractivity contribution in [2.75, 3.05) is 30.3 Å². The highest BCUT2D eigenvalue weighted by molar-refractivity contribution is 5.52. The molecule has 1 aliphatic heterocycles. The summed E-state index contributed by atoms with van der Waals surface area (Å²) in [5, 5.41) is 9.39. The molecule has 1 aromatic rings. The molecule has 3 N–H and O–H groups in total. The molecule has 0 saturated carbocycles. The fourth-order valence-corrected chi connectivity index (χ4v) is 2.92. The number of nitrogens with two attached hydrogens (primary N) is 1. The Bertz CT molecular complexity index is 450. The lowest BCUT2D eigenvalue weighted by molar-refractivity contribution is 0.208. The van der Waals surface area contributed by atoms with E-state index in [9.17, 15) is 5.11 Å². The minimum absolute atomic E-state index is 0.250. The number of rotatable bonds is 5. The summed E-state index contributed by atoms with van der Waals surface area (Å²) >= 11 is 0. The van der Waals surface area contributed by atoms with Gasteiger partial charge in [0.05, 0.1) is 0 Å². The molecule has 2 heterocycles. The zero-order valence-electron chi connectivity index (χ0n) is 12.6. The van der Waals surface area contributed by atoms with Crippen molar-refractivity contribution < 1.29 is 5.11 Å². The van der Waals surface area contributed by atoms with Crippen LogP contribution in [0.4, 0.5) is 11.8 Å². The number of hydrogen-bond donors (Lipinski definition) is 2. The van der Waals surface area contributed by atoms with Gasteiger partial charge in [-0.2, -0.15) is 4.98 Å². The molecular formula is C15H26N4O. The summed E-state index contributed by atoms with van der Waals surface area (Å²) < 4.78 is 0. The summed E-state index contributed by atoms with van der Waals surface area (Å²) in [6, 6.07) is 0. The van der Waals surface area contributed by atoms with E-state index in [2.05, 4.69) is 21.8 Å². The number of aliphatic hydroxyl groups is 1. The lowest BCUT2D eigenvalue weighted by atomic mass is 9.98. The fourth-order valence-electron chi connectivity index (χ4n) is 2.92. The van der Waals surface area contributed by atoms with Gasteiger partial charge in [-0.15, -0.1) is 0 Å². The first kappa shape index (κ1) is 15.0. The van der Waals surface area contributed by atoms with Crippen LogP contribution in [0.5, 0.6) is 0 Å². The van der Waals surface area contributed by atoms with E-state index in [1.807, 2.05) is 6.92 Å². The largest absolute Gasteiger partial charge is 0.396 e. The minimum Gasteiger partial charge on any atom is -0.396 e. The second-order valence-electron chi connectivity index (χ2n) is 5.71. The highest BCUT2D eigenvalue weighted by Gasteiger charge is 2.23. The summed E-state index contributed by atoms with van der Waals surface area (Å²) in [7, 11) is 0. The molecule has 0 aliphatic carbocycles. The second-order valence-corrected chi connectivity index (χ2v) is 5.71. The van der Waals surface area contributed by atoms with Crippen molar-refractivity contribution in [2.24, 2.45) is 5.92 Å². The molecule has 20 heavy (non-hydrogen) atoms. The van der Waals surface area contributed by atoms with Crippen LogP contribution in [-0.4, -0.2) is 34.8 Å². The van der Waals surface area contributed by atoms with Gasteiger partial charge >= 0.3 is 0 Å². The monoisotopic (exact) mass is 278 g/mol. The molecule has 2 rings (SSSR count). The molecule has 0 spiro atoms. The van der Waals surface area contributed by atoms with Crippen LogP contribution < -0.4 is 10.6 Å². The molecule has 1 aliphatic rings. The summed E-state index contributed by atoms with van der Waals surface area (Å²) in [5.41, 5.74) is 8.05. The van der Waals surface area contributed by atoms with E-state index >= 15 is 0 Å². The third-order valence-corrected chi connectivity index (χ3v) is 4.07. The van der Waals surface area contributed by atoms with Crippen molar-refractivity contribution in [3.05, 3.63) is 11.3 Å². The first-order valence-corrected chi connectivity index (χ1v) is 7.64. The van der Waals surface area contributed by atoms with Crippen molar-refractivity contribution in [3.8, 4) is 0 Å². The summed E-state index contributed by atoms with van der Waals surface area (Å²) in [4.78, 5) is 11.1. The number of piperidine rings is 1. The third-order valence-electron chi connectivity index (χ3n) is 4.07. The van der Waals surface area contributed by atoms with E-state index in [-0.39, 0.29) is 6.61 Å². The van der Waals surface area contributed by atoms with E-state index in [1.54, 1.807) is 0 Å². The maximum absolute atomic E-state index is 9.39. The van der Waals surface area contributed by atoms with Gasteiger partial charge in [0.15, 0.2) is 0 Å². The Balaban J connectivity index is 2.28. The van der Waals surface area contributed by atoms with Crippen molar-refractivity contribution in [1.29, 1.82) is 0 Å². The maximum atomic E-state index is 9.39. The van der Waals surface area contributed by atoms with E-state index in [0.29, 0.717) is 11.9 Å². The Morgan fingerprint density at radius 3 is 2.90 bits per heavy atom. The number of unbranched alkanes of at least 4 members (excludes halogenated alkanes) is 1. The van der Waals surface area contributed by atoms with Crippen LogP contribution in [-0.2, 0) is 6.42 Å². The lowest BCUT2D eigenvalue weighted by Crippen LogP contribution is -2.38. The molecule has 1 aromatic heterocycles. The van der Waals surface area contributed by atoms with Crippen LogP contribution in [0.15, 0.2) is 0 Å². The molecule has 0 bridgehead atoms. The van der Waals surface area contributed by atoms with Crippen LogP contribution in [0.2, 0.25) is 0 Å². The molecule has 1 fully saturated rings. The molecule has 0 amide bonds. The predicted octanol–water partition coefficient (Wildman–Crippen LogP) is 1.92. The van der Waals surface area contributed by atoms with E-state index in [1.165, 1.54) is 5.56 Å². The van der Waals surface area contributed by atoms with Gasteiger partial charge in [-0.05, 0) is 38.5 Å². The fraction of sp³-hybridized carbons (Fsp3) is 0.733. The average molecular weight is 278 g/mol. The zero-order chi connectivity index (χ0) is 14.5. The molecular weight excluding hydrogens is 252 g/mol. The minimum atomic E-state index is 0.250. The molecule has 0 radical (unpaired) electrons. The number of nitrogen functional groups attached to an aromatic ring is 1. The van der Waals surface area contributed by atoms with Crippen molar-refractivity contribution >= 4 is 11.8 Å². The highest BCUT2D eigenvalue weighted by atomic mass is 16.3. The lowest BCUT2D eigenvalue weighted by Gasteiger charge is -2.34. The Hall–Kier alpha value is -1.36. The number of hydrogen-bond acceptors (Lipinski definition) is 5. The van der Waals surface area contributed by atoms with Crippen LogP contribution in [0, 0.1) is 12.8 Å². The standard InChI is InChI=1S/C15H26N4O/c1-3-4-7-13-11(2)17-15(16)18-14(13)19-8-5-6-12(9-19)10-20/h12,20H,3-10H2,1-2H3,(H2,16,17,18)/t12-/m1/s1. The van der Waals surface area contributed by atoms with Crippen LogP contribution in [0.25, 0.3) is 0 Å². The Kier molecular flexibility index (Phi) is 5.17. The highest BCUT2D eigenvalue weighted by Crippen LogP contribution is 2.27. The Labute approximate surface area is 121 Å². The molecule has 5 nitrogen and oxygen atoms in total. The molecule has 112 valence electrons. The normalized spacial score (nSPS) is 19.4. The van der Waals surface area contributed by atoms with Gasteiger partial charge in [0.1, 0.15) is 5.82 Å². The van der Waals surface area contributed by atoms with Crippen molar-refractivity contribution in [3.63, 3.8) is 0 Å². The summed E-state index contributed by atoms with van der Waals surface area (Å²) in [6.45, 7) is 6.31. The molecule has 1 atom stereocenters. The number of aliphatic hydroxyl groups excluding tert-OH is 1. The van der Waals surface area contributed by atoms with Gasteiger partial charge in [0.25, 0.3) is 0 Å². The topological polar surface area (TPSA) is 75.3 Å². The van der Waals surface area contributed by atoms with Gasteiger partial charge in [0, 0.05) is 31.0 Å². The smallest absolute Gasteiger partial charge is 0.222 e. The predicted molar refractivity (Wildman–Crippen MR) is 81.8 cm³/mol. The first-order valence-electron chi connectivity index (χ1n) is 7.64. The number of nitrogens with zero attached hydrogens (tertiary/aromatic N) is 3. The quantitative estimate of drug-likeness (QED) is 0.860. The van der Waals surface area contributed by atoms with Gasteiger partial charge < -0.3 is 15.7 Å². The summed E-state index contributed by atoms with van der Waals surface area (Å²) in [6.07, 6.45) is 5.48. The van der Waals surface area contributed by atoms with E-state index < -0.39 is 0 Å². The summed E-state index contributed by atoms with van der Waals surface area (Å²) in [5.74, 6) is 1.68.